The van der Waals surface area contributed by atoms with Crippen molar-refractivity contribution in [3.63, 3.8) is 0 Å². The van der Waals surface area contributed by atoms with Gasteiger partial charge in [-0.15, -0.1) is 11.3 Å². The molecule has 0 unspecified atom stereocenters. The first kappa shape index (κ1) is 32.4. The van der Waals surface area contributed by atoms with Crippen molar-refractivity contribution in [3.8, 4) is 16.9 Å². The van der Waals surface area contributed by atoms with E-state index in [9.17, 15) is 27.9 Å². The molecule has 6 rings (SSSR count). The minimum atomic E-state index is -4.30. The molecule has 14 heteroatoms. The number of hydrogen-bond acceptors (Lipinski definition) is 8. The first-order chi connectivity index (χ1) is 21.9. The Morgan fingerprint density at radius 2 is 2.02 bits per heavy atom. The number of nitrogens with zero attached hydrogens (tertiary/aromatic N) is 4. The summed E-state index contributed by atoms with van der Waals surface area (Å²) in [5.74, 6) is 0.0169. The number of hydrogen-bond donors (Lipinski definition) is 1. The topological polar surface area (TPSA) is 107 Å². The minimum absolute atomic E-state index is 0.0646. The molecule has 1 aliphatic heterocycles. The van der Waals surface area contributed by atoms with Crippen molar-refractivity contribution >= 4 is 39.1 Å². The summed E-state index contributed by atoms with van der Waals surface area (Å²) in [5.41, 5.74) is 3.74. The van der Waals surface area contributed by atoms with Crippen LogP contribution in [0.25, 0.3) is 21.3 Å². The molecule has 46 heavy (non-hydrogen) atoms. The van der Waals surface area contributed by atoms with Crippen LogP contribution >= 0.6 is 22.9 Å². The quantitative estimate of drug-likeness (QED) is 0.240. The van der Waals surface area contributed by atoms with Crippen molar-refractivity contribution in [2.75, 3.05) is 26.3 Å². The van der Waals surface area contributed by atoms with Gasteiger partial charge < -0.3 is 14.6 Å². The monoisotopic (exact) mass is 676 g/mol. The fourth-order valence-corrected chi connectivity index (χ4v) is 7.60. The number of carboxylic acids is 1. The SMILES string of the molecule is Cc1cc(-c2cc(Cl)ccc2OCCn2c(C)nc3c(c2=O)C[C@@H](N2CCO[C@@H](CC(F)(F)F)C2)CC3)c2scc(C(=O)O)c2n1. The molecule has 0 amide bonds. The normalized spacial score (nSPS) is 18.9. The van der Waals surface area contributed by atoms with Crippen molar-refractivity contribution in [2.24, 2.45) is 0 Å². The Kier molecular flexibility index (Phi) is 9.12. The predicted molar refractivity (Wildman–Crippen MR) is 168 cm³/mol. The molecule has 1 N–H and O–H groups in total. The maximum absolute atomic E-state index is 13.7. The van der Waals surface area contributed by atoms with Gasteiger partial charge in [-0.3, -0.25) is 19.2 Å². The van der Waals surface area contributed by atoms with E-state index in [-0.39, 0.29) is 43.5 Å². The number of morpholine rings is 1. The fourth-order valence-electron chi connectivity index (χ4n) is 6.41. The third-order valence-electron chi connectivity index (χ3n) is 8.52. The van der Waals surface area contributed by atoms with Gasteiger partial charge in [-0.25, -0.2) is 9.78 Å². The molecule has 1 aliphatic carbocycles. The largest absolute Gasteiger partial charge is 0.491 e. The Balaban J connectivity index is 1.21. The number of halogens is 4. The lowest BCUT2D eigenvalue weighted by molar-refractivity contribution is -0.172. The molecule has 244 valence electrons. The number of carbonyl (C=O) groups is 1. The zero-order valence-electron chi connectivity index (χ0n) is 25.2. The number of thiophene rings is 1. The number of benzene rings is 1. The van der Waals surface area contributed by atoms with Crippen LogP contribution in [0.15, 0.2) is 34.4 Å². The Hall–Kier alpha value is -3.52. The van der Waals surface area contributed by atoms with E-state index < -0.39 is 24.7 Å². The van der Waals surface area contributed by atoms with Crippen LogP contribution in [-0.4, -0.2) is 75.1 Å². The van der Waals surface area contributed by atoms with Crippen molar-refractivity contribution in [2.45, 2.75) is 64.4 Å². The van der Waals surface area contributed by atoms with E-state index in [2.05, 4.69) is 4.98 Å². The number of aromatic carboxylic acids is 1. The van der Waals surface area contributed by atoms with Crippen LogP contribution in [-0.2, 0) is 24.1 Å². The van der Waals surface area contributed by atoms with Gasteiger partial charge in [0.05, 0.1) is 47.2 Å². The molecule has 1 fully saturated rings. The number of fused-ring (bicyclic) bond motifs is 2. The van der Waals surface area contributed by atoms with Crippen molar-refractivity contribution in [1.82, 2.24) is 19.4 Å². The molecule has 4 heterocycles. The van der Waals surface area contributed by atoms with Gasteiger partial charge in [-0.2, -0.15) is 13.2 Å². The van der Waals surface area contributed by atoms with E-state index in [0.717, 1.165) is 11.3 Å². The van der Waals surface area contributed by atoms with Gasteiger partial charge in [0.2, 0.25) is 0 Å². The van der Waals surface area contributed by atoms with Crippen LogP contribution in [0, 0.1) is 13.8 Å². The first-order valence-electron chi connectivity index (χ1n) is 14.9. The van der Waals surface area contributed by atoms with E-state index in [1.807, 2.05) is 11.0 Å². The second-order valence-electron chi connectivity index (χ2n) is 11.7. The number of carboxylic acid groups (broad SMARTS) is 1. The standard InChI is InChI=1S/C32H32ClF3N4O5S/c1-17-11-23(29-28(37-17)25(16-46-29)31(42)43)22-12-19(33)3-6-27(22)45-10-8-40-18(2)38-26-5-4-20(13-24(26)30(40)41)39-7-9-44-21(15-39)14-32(34,35)36/h3,6,11-12,16,20-21H,4-5,7-10,13-15H2,1-2H3,(H,42,43)/t20-,21-/m0/s1. The average molecular weight is 677 g/mol. The average Bonchev–Trinajstić information content (AvgIpc) is 3.42. The molecule has 0 bridgehead atoms. The second kappa shape index (κ2) is 12.9. The van der Waals surface area contributed by atoms with Crippen molar-refractivity contribution < 1.29 is 32.5 Å². The maximum Gasteiger partial charge on any atom is 0.391 e. The number of aromatic nitrogens is 3. The molecule has 3 aromatic heterocycles. The maximum atomic E-state index is 13.7. The summed E-state index contributed by atoms with van der Waals surface area (Å²) < 4.78 is 52.9. The molecule has 1 aromatic carbocycles. The molecule has 9 nitrogen and oxygen atoms in total. The highest BCUT2D eigenvalue weighted by atomic mass is 35.5. The summed E-state index contributed by atoms with van der Waals surface area (Å²) in [6, 6.07) is 7.00. The van der Waals surface area contributed by atoms with Gasteiger partial charge in [0.25, 0.3) is 5.56 Å². The van der Waals surface area contributed by atoms with Gasteiger partial charge in [-0.1, -0.05) is 11.6 Å². The highest BCUT2D eigenvalue weighted by Gasteiger charge is 2.37. The lowest BCUT2D eigenvalue weighted by Crippen LogP contribution is -2.51. The first-order valence-corrected chi connectivity index (χ1v) is 16.2. The number of aryl methyl sites for hydroxylation is 3. The van der Waals surface area contributed by atoms with Gasteiger partial charge in [-0.05, 0) is 57.4 Å². The molecular formula is C32H32ClF3N4O5S. The molecule has 0 saturated carbocycles. The van der Waals surface area contributed by atoms with Gasteiger partial charge in [0, 0.05) is 51.9 Å². The zero-order chi connectivity index (χ0) is 32.7. The van der Waals surface area contributed by atoms with E-state index in [1.54, 1.807) is 42.0 Å². The Bertz CT molecular complexity index is 1860. The molecule has 0 radical (unpaired) electrons. The summed E-state index contributed by atoms with van der Waals surface area (Å²) in [6.07, 6.45) is -4.49. The highest BCUT2D eigenvalue weighted by molar-refractivity contribution is 7.18. The van der Waals surface area contributed by atoms with Crippen molar-refractivity contribution in [3.05, 3.63) is 73.4 Å². The molecular weight excluding hydrogens is 645 g/mol. The van der Waals surface area contributed by atoms with Crippen LogP contribution in [0.4, 0.5) is 13.2 Å². The predicted octanol–water partition coefficient (Wildman–Crippen LogP) is 6.08. The summed E-state index contributed by atoms with van der Waals surface area (Å²) >= 11 is 7.66. The van der Waals surface area contributed by atoms with Gasteiger partial charge >= 0.3 is 12.1 Å². The third-order valence-corrected chi connectivity index (χ3v) is 9.76. The molecule has 2 aliphatic rings. The number of ether oxygens (including phenoxy) is 2. The lowest BCUT2D eigenvalue weighted by Gasteiger charge is -2.40. The van der Waals surface area contributed by atoms with Crippen LogP contribution in [0.2, 0.25) is 5.02 Å². The highest BCUT2D eigenvalue weighted by Crippen LogP contribution is 2.40. The smallest absolute Gasteiger partial charge is 0.391 e. The van der Waals surface area contributed by atoms with Crippen LogP contribution in [0.5, 0.6) is 5.75 Å². The summed E-state index contributed by atoms with van der Waals surface area (Å²) in [6.45, 7) is 4.85. The fraction of sp³-hybridized carbons (Fsp3) is 0.438. The van der Waals surface area contributed by atoms with Gasteiger partial charge in [0.15, 0.2) is 0 Å². The van der Waals surface area contributed by atoms with Crippen LogP contribution < -0.4 is 10.3 Å². The van der Waals surface area contributed by atoms with Crippen LogP contribution in [0.1, 0.15) is 46.0 Å². The summed E-state index contributed by atoms with van der Waals surface area (Å²) in [7, 11) is 0. The zero-order valence-corrected chi connectivity index (χ0v) is 26.8. The Labute approximate surface area is 271 Å². The molecule has 4 aromatic rings. The third kappa shape index (κ3) is 6.78. The summed E-state index contributed by atoms with van der Waals surface area (Å²) in [4.78, 5) is 36.7. The van der Waals surface area contributed by atoms with E-state index in [4.69, 9.17) is 26.1 Å². The van der Waals surface area contributed by atoms with E-state index in [0.29, 0.717) is 69.4 Å². The second-order valence-corrected chi connectivity index (χ2v) is 13.0. The lowest BCUT2D eigenvalue weighted by atomic mass is 9.90. The number of alkyl halides is 3. The molecule has 1 saturated heterocycles. The number of pyridine rings is 1. The van der Waals surface area contributed by atoms with Crippen LogP contribution in [0.3, 0.4) is 0 Å². The van der Waals surface area contributed by atoms with Crippen molar-refractivity contribution in [1.29, 1.82) is 0 Å². The number of rotatable bonds is 8. The summed E-state index contributed by atoms with van der Waals surface area (Å²) in [5, 5.41) is 11.7. The Morgan fingerprint density at radius 3 is 2.78 bits per heavy atom. The van der Waals surface area contributed by atoms with Gasteiger partial charge in [0.1, 0.15) is 18.2 Å². The minimum Gasteiger partial charge on any atom is -0.491 e. The van der Waals surface area contributed by atoms with E-state index in [1.165, 1.54) is 11.3 Å². The molecule has 0 spiro atoms. The van der Waals surface area contributed by atoms with E-state index >= 15 is 0 Å². The molecule has 2 atom stereocenters. The Morgan fingerprint density at radius 1 is 1.22 bits per heavy atom.